The van der Waals surface area contributed by atoms with Crippen molar-refractivity contribution in [2.24, 2.45) is 11.8 Å². The summed E-state index contributed by atoms with van der Waals surface area (Å²) >= 11 is 0. The van der Waals surface area contributed by atoms with Gasteiger partial charge in [0, 0.05) is 11.8 Å². The van der Waals surface area contributed by atoms with E-state index in [0.29, 0.717) is 11.8 Å². The van der Waals surface area contributed by atoms with Crippen molar-refractivity contribution >= 4 is 0 Å². The molecule has 0 aromatic carbocycles. The smallest absolute Gasteiger partial charge is 0.0834 e. The van der Waals surface area contributed by atoms with E-state index in [4.69, 9.17) is 4.74 Å². The predicted molar refractivity (Wildman–Crippen MR) is 49.5 cm³/mol. The zero-order valence-corrected chi connectivity index (χ0v) is 7.10. The average Bonchev–Trinajstić information content (AvgIpc) is 2.26. The van der Waals surface area contributed by atoms with Gasteiger partial charge in [0.25, 0.3) is 0 Å². The quantitative estimate of drug-likeness (QED) is 0.423. The summed E-state index contributed by atoms with van der Waals surface area (Å²) < 4.78 is 5.05. The summed E-state index contributed by atoms with van der Waals surface area (Å²) in [5.41, 5.74) is 1.34. The van der Waals surface area contributed by atoms with Gasteiger partial charge in [-0.3, -0.25) is 0 Å². The van der Waals surface area contributed by atoms with Crippen LogP contribution in [0.5, 0.6) is 0 Å². The Bertz CT molecular complexity index is 257. The fraction of sp³-hybridized carbons (Fsp3) is 0.273. The van der Waals surface area contributed by atoms with Crippen LogP contribution < -0.4 is 0 Å². The van der Waals surface area contributed by atoms with Crippen LogP contribution in [0.4, 0.5) is 0 Å². The van der Waals surface area contributed by atoms with Crippen molar-refractivity contribution in [2.75, 3.05) is 7.11 Å². The van der Waals surface area contributed by atoms with Crippen LogP contribution in [-0.4, -0.2) is 7.11 Å². The molecule has 62 valence electrons. The van der Waals surface area contributed by atoms with Crippen molar-refractivity contribution in [1.82, 2.24) is 0 Å². The second kappa shape index (κ2) is 3.02. The third-order valence-electron chi connectivity index (χ3n) is 2.30. The van der Waals surface area contributed by atoms with E-state index in [1.54, 1.807) is 7.11 Å². The maximum absolute atomic E-state index is 5.05. The maximum Gasteiger partial charge on any atom is 0.0834 e. The van der Waals surface area contributed by atoms with Crippen molar-refractivity contribution < 1.29 is 4.74 Å². The lowest BCUT2D eigenvalue weighted by molar-refractivity contribution is 0.330. The maximum atomic E-state index is 5.05. The lowest BCUT2D eigenvalue weighted by Gasteiger charge is -2.08. The van der Waals surface area contributed by atoms with Gasteiger partial charge in [-0.2, -0.15) is 0 Å². The van der Waals surface area contributed by atoms with E-state index in [0.717, 1.165) is 0 Å². The molecule has 0 aromatic heterocycles. The van der Waals surface area contributed by atoms with E-state index in [2.05, 4.69) is 36.5 Å². The Morgan fingerprint density at radius 3 is 2.17 bits per heavy atom. The molecule has 0 amide bonds. The minimum absolute atomic E-state index is 0.449. The molecule has 2 aliphatic carbocycles. The van der Waals surface area contributed by atoms with Crippen molar-refractivity contribution in [1.29, 1.82) is 0 Å². The highest BCUT2D eigenvalue weighted by molar-refractivity contribution is 5.38. The first kappa shape index (κ1) is 7.41. The monoisotopic (exact) mass is 160 g/mol. The van der Waals surface area contributed by atoms with Crippen LogP contribution in [0.1, 0.15) is 0 Å². The number of ether oxygens (including phenoxy) is 1. The standard InChI is InChI=1S/C11H12O/c1-12-8-11-9-4-2-3-5-10(11)7-6-9/h2-10H,1H3. The summed E-state index contributed by atoms with van der Waals surface area (Å²) in [7, 11) is 1.70. The second-order valence-electron chi connectivity index (χ2n) is 3.06. The molecule has 0 heterocycles. The molecule has 0 aliphatic heterocycles. The topological polar surface area (TPSA) is 9.23 Å². The van der Waals surface area contributed by atoms with Gasteiger partial charge in [-0.1, -0.05) is 36.5 Å². The van der Waals surface area contributed by atoms with E-state index in [1.165, 1.54) is 5.57 Å². The molecule has 0 aromatic rings. The van der Waals surface area contributed by atoms with Gasteiger partial charge in [0.2, 0.25) is 0 Å². The summed E-state index contributed by atoms with van der Waals surface area (Å²) in [5.74, 6) is 0.898. The van der Waals surface area contributed by atoms with E-state index in [-0.39, 0.29) is 0 Å². The van der Waals surface area contributed by atoms with Crippen LogP contribution >= 0.6 is 0 Å². The molecule has 0 fully saturated rings. The van der Waals surface area contributed by atoms with Gasteiger partial charge in [-0.05, 0) is 5.57 Å². The summed E-state index contributed by atoms with van der Waals surface area (Å²) in [6.07, 6.45) is 14.9. The Morgan fingerprint density at radius 2 is 1.67 bits per heavy atom. The first-order valence-corrected chi connectivity index (χ1v) is 4.18. The number of hydrogen-bond donors (Lipinski definition) is 0. The lowest BCUT2D eigenvalue weighted by Crippen LogP contribution is -1.98. The minimum Gasteiger partial charge on any atom is -0.504 e. The molecule has 1 nitrogen and oxygen atoms in total. The SMILES string of the molecule is COC=C1C2C=CC=CC1C=C2. The molecular weight excluding hydrogens is 148 g/mol. The molecule has 0 N–H and O–H groups in total. The van der Waals surface area contributed by atoms with Crippen molar-refractivity contribution in [3.05, 3.63) is 48.3 Å². The first-order chi connectivity index (χ1) is 5.92. The molecule has 0 radical (unpaired) electrons. The first-order valence-electron chi connectivity index (χ1n) is 4.18. The normalized spacial score (nSPS) is 30.6. The molecular formula is C11H12O. The van der Waals surface area contributed by atoms with Crippen molar-refractivity contribution in [3.63, 3.8) is 0 Å². The Labute approximate surface area is 72.7 Å². The molecule has 0 spiro atoms. The van der Waals surface area contributed by atoms with Gasteiger partial charge < -0.3 is 4.74 Å². The molecule has 2 atom stereocenters. The molecule has 0 saturated carbocycles. The summed E-state index contributed by atoms with van der Waals surface area (Å²) in [5, 5.41) is 0. The lowest BCUT2D eigenvalue weighted by atomic mass is 9.98. The number of hydrogen-bond acceptors (Lipinski definition) is 1. The molecule has 0 saturated heterocycles. The largest absolute Gasteiger partial charge is 0.504 e. The van der Waals surface area contributed by atoms with Gasteiger partial charge >= 0.3 is 0 Å². The van der Waals surface area contributed by atoms with Crippen LogP contribution in [-0.2, 0) is 4.74 Å². The molecule has 12 heavy (non-hydrogen) atoms. The van der Waals surface area contributed by atoms with Crippen LogP contribution in [0.25, 0.3) is 0 Å². The van der Waals surface area contributed by atoms with Gasteiger partial charge in [0.05, 0.1) is 13.4 Å². The Hall–Kier alpha value is -1.24. The van der Waals surface area contributed by atoms with Crippen LogP contribution in [0.2, 0.25) is 0 Å². The molecule has 2 rings (SSSR count). The van der Waals surface area contributed by atoms with E-state index >= 15 is 0 Å². The zero-order valence-electron chi connectivity index (χ0n) is 7.10. The van der Waals surface area contributed by atoms with E-state index < -0.39 is 0 Å². The molecule has 2 bridgehead atoms. The fourth-order valence-corrected chi connectivity index (χ4v) is 1.70. The van der Waals surface area contributed by atoms with Crippen molar-refractivity contribution in [3.8, 4) is 0 Å². The summed E-state index contributed by atoms with van der Waals surface area (Å²) in [4.78, 5) is 0. The number of fused-ring (bicyclic) bond motifs is 2. The van der Waals surface area contributed by atoms with Gasteiger partial charge in [0.15, 0.2) is 0 Å². The van der Waals surface area contributed by atoms with Gasteiger partial charge in [-0.25, -0.2) is 0 Å². The minimum atomic E-state index is 0.449. The highest BCUT2D eigenvalue weighted by atomic mass is 16.5. The van der Waals surface area contributed by atoms with Gasteiger partial charge in [0.1, 0.15) is 0 Å². The third kappa shape index (κ3) is 1.11. The molecule has 1 heteroatoms. The van der Waals surface area contributed by atoms with Crippen LogP contribution in [0, 0.1) is 11.8 Å². The number of methoxy groups -OCH3 is 1. The fourth-order valence-electron chi connectivity index (χ4n) is 1.70. The second-order valence-corrected chi connectivity index (χ2v) is 3.06. The summed E-state index contributed by atoms with van der Waals surface area (Å²) in [6, 6.07) is 0. The van der Waals surface area contributed by atoms with Crippen LogP contribution in [0.15, 0.2) is 48.3 Å². The number of rotatable bonds is 1. The predicted octanol–water partition coefficient (Wildman–Crippen LogP) is 2.44. The van der Waals surface area contributed by atoms with Gasteiger partial charge in [-0.15, -0.1) is 0 Å². The van der Waals surface area contributed by atoms with E-state index in [1.807, 2.05) is 6.26 Å². The zero-order chi connectivity index (χ0) is 8.39. The highest BCUT2D eigenvalue weighted by Gasteiger charge is 2.22. The summed E-state index contributed by atoms with van der Waals surface area (Å²) in [6.45, 7) is 0. The number of allylic oxidation sites excluding steroid dienone is 7. The van der Waals surface area contributed by atoms with Crippen molar-refractivity contribution in [2.45, 2.75) is 0 Å². The van der Waals surface area contributed by atoms with E-state index in [9.17, 15) is 0 Å². The average molecular weight is 160 g/mol. The third-order valence-corrected chi connectivity index (χ3v) is 2.30. The Balaban J connectivity index is 2.34. The Kier molecular flexibility index (Phi) is 1.86. The van der Waals surface area contributed by atoms with Crippen LogP contribution in [0.3, 0.4) is 0 Å². The highest BCUT2D eigenvalue weighted by Crippen LogP contribution is 2.33. The Morgan fingerprint density at radius 1 is 1.08 bits per heavy atom. The molecule has 2 aliphatic rings. The molecule has 2 unspecified atom stereocenters.